The van der Waals surface area contributed by atoms with E-state index in [1.54, 1.807) is 0 Å². The first kappa shape index (κ1) is 20.3. The van der Waals surface area contributed by atoms with Crippen molar-refractivity contribution < 1.29 is 12.8 Å². The molecule has 1 fully saturated rings. The van der Waals surface area contributed by atoms with Crippen molar-refractivity contribution in [2.24, 2.45) is 0 Å². The highest BCUT2D eigenvalue weighted by Crippen LogP contribution is 2.36. The molecule has 1 heterocycles. The Hall–Kier alpha value is -2.03. The first-order valence-electron chi connectivity index (χ1n) is 9.44. The average Bonchev–Trinajstić information content (AvgIpc) is 3.36. The number of hydrogen-bond acceptors (Lipinski definition) is 5. The van der Waals surface area contributed by atoms with Crippen LogP contribution in [0.4, 0.5) is 0 Å². The van der Waals surface area contributed by atoms with Gasteiger partial charge < -0.3 is 4.42 Å². The van der Waals surface area contributed by atoms with E-state index < -0.39 is 10.0 Å². The fraction of sp³-hybridized carbons (Fsp3) is 0.333. The lowest BCUT2D eigenvalue weighted by atomic mass is 10.1. The normalized spacial score (nSPS) is 14.5. The van der Waals surface area contributed by atoms with E-state index in [-0.39, 0.29) is 18.5 Å². The number of benzene rings is 2. The first-order valence-corrected chi connectivity index (χ1v) is 11.7. The molecule has 1 aromatic heterocycles. The second kappa shape index (κ2) is 7.66. The van der Waals surface area contributed by atoms with E-state index in [9.17, 15) is 8.42 Å². The maximum Gasteiger partial charge on any atom is 0.248 e. The number of nitrogens with zero attached hydrogens (tertiary/aromatic N) is 3. The van der Waals surface area contributed by atoms with Crippen LogP contribution in [0.25, 0.3) is 11.5 Å². The van der Waals surface area contributed by atoms with Crippen LogP contribution in [0.2, 0.25) is 0 Å². The fourth-order valence-electron chi connectivity index (χ4n) is 3.66. The van der Waals surface area contributed by atoms with Crippen molar-refractivity contribution in [1.82, 2.24) is 14.5 Å². The summed E-state index contributed by atoms with van der Waals surface area (Å²) in [6.45, 7) is 5.72. The van der Waals surface area contributed by atoms with Gasteiger partial charge in [0.05, 0.1) is 17.0 Å². The monoisotopic (exact) mass is 475 g/mol. The number of sulfonamides is 1. The highest BCUT2D eigenvalue weighted by atomic mass is 79.9. The summed E-state index contributed by atoms with van der Waals surface area (Å²) in [7, 11) is -3.68. The third kappa shape index (κ3) is 4.01. The summed E-state index contributed by atoms with van der Waals surface area (Å²) in [5, 5.41) is 8.22. The van der Waals surface area contributed by atoms with Gasteiger partial charge in [0.1, 0.15) is 0 Å². The van der Waals surface area contributed by atoms with Gasteiger partial charge >= 0.3 is 0 Å². The van der Waals surface area contributed by atoms with Gasteiger partial charge in [-0.3, -0.25) is 0 Å². The van der Waals surface area contributed by atoms with Gasteiger partial charge in [-0.1, -0.05) is 29.8 Å². The molecule has 0 radical (unpaired) electrons. The lowest BCUT2D eigenvalue weighted by molar-refractivity contribution is 0.350. The number of hydrogen-bond donors (Lipinski definition) is 0. The minimum absolute atomic E-state index is 0.0288. The van der Waals surface area contributed by atoms with Crippen molar-refractivity contribution in [2.75, 3.05) is 0 Å². The topological polar surface area (TPSA) is 76.3 Å². The zero-order chi connectivity index (χ0) is 20.8. The van der Waals surface area contributed by atoms with Gasteiger partial charge in [0.2, 0.25) is 21.8 Å². The van der Waals surface area contributed by atoms with E-state index in [1.807, 2.05) is 57.2 Å². The maximum atomic E-state index is 13.5. The van der Waals surface area contributed by atoms with Crippen LogP contribution in [0.1, 0.15) is 35.4 Å². The molecule has 3 aromatic rings. The molecule has 0 spiro atoms. The summed E-state index contributed by atoms with van der Waals surface area (Å²) < 4.78 is 35.2. The zero-order valence-corrected chi connectivity index (χ0v) is 18.9. The zero-order valence-electron chi connectivity index (χ0n) is 16.5. The Morgan fingerprint density at radius 1 is 1.10 bits per heavy atom. The smallest absolute Gasteiger partial charge is 0.248 e. The van der Waals surface area contributed by atoms with Crippen LogP contribution in [-0.4, -0.2) is 29.0 Å². The molecule has 0 bridgehead atoms. The minimum atomic E-state index is -3.68. The molecule has 8 heteroatoms. The molecule has 29 heavy (non-hydrogen) atoms. The molecule has 0 amide bonds. The SMILES string of the molecule is Cc1cc(C)c(S(=O)(=O)N(Cc2nnc(-c3ccccc3Br)o2)C2CC2)c(C)c1. The van der Waals surface area contributed by atoms with E-state index in [1.165, 1.54) is 4.31 Å². The van der Waals surface area contributed by atoms with Crippen molar-refractivity contribution >= 4 is 26.0 Å². The van der Waals surface area contributed by atoms with E-state index in [0.717, 1.165) is 39.6 Å². The third-order valence-electron chi connectivity index (χ3n) is 4.99. The van der Waals surface area contributed by atoms with Crippen LogP contribution >= 0.6 is 15.9 Å². The summed E-state index contributed by atoms with van der Waals surface area (Å²) in [6, 6.07) is 11.3. The highest BCUT2D eigenvalue weighted by Gasteiger charge is 2.40. The molecule has 1 aliphatic carbocycles. The molecule has 0 aliphatic heterocycles. The average molecular weight is 476 g/mol. The van der Waals surface area contributed by atoms with Crippen molar-refractivity contribution in [3.63, 3.8) is 0 Å². The Bertz CT molecular complexity index is 1150. The van der Waals surface area contributed by atoms with Gasteiger partial charge in [-0.05, 0) is 72.8 Å². The molecule has 0 unspecified atom stereocenters. The molecular formula is C21H22BrN3O3S. The van der Waals surface area contributed by atoms with Crippen LogP contribution in [0.15, 0.2) is 50.2 Å². The molecule has 4 rings (SSSR count). The molecule has 0 atom stereocenters. The van der Waals surface area contributed by atoms with Crippen LogP contribution < -0.4 is 0 Å². The summed E-state index contributed by atoms with van der Waals surface area (Å²) in [6.07, 6.45) is 1.68. The summed E-state index contributed by atoms with van der Waals surface area (Å²) >= 11 is 3.48. The Labute approximate surface area is 179 Å². The molecule has 152 valence electrons. The third-order valence-corrected chi connectivity index (χ3v) is 7.88. The van der Waals surface area contributed by atoms with E-state index in [2.05, 4.69) is 26.1 Å². The lowest BCUT2D eigenvalue weighted by Gasteiger charge is -2.23. The van der Waals surface area contributed by atoms with Crippen molar-refractivity contribution in [1.29, 1.82) is 0 Å². The second-order valence-corrected chi connectivity index (χ2v) is 10.2. The number of aryl methyl sites for hydroxylation is 3. The van der Waals surface area contributed by atoms with E-state index in [0.29, 0.717) is 10.8 Å². The second-order valence-electron chi connectivity index (χ2n) is 7.49. The van der Waals surface area contributed by atoms with E-state index >= 15 is 0 Å². The first-order chi connectivity index (χ1) is 13.8. The largest absolute Gasteiger partial charge is 0.419 e. The lowest BCUT2D eigenvalue weighted by Crippen LogP contribution is -2.33. The predicted molar refractivity (Wildman–Crippen MR) is 114 cm³/mol. The molecule has 6 nitrogen and oxygen atoms in total. The van der Waals surface area contributed by atoms with Gasteiger partial charge in [-0.25, -0.2) is 8.42 Å². The van der Waals surface area contributed by atoms with Crippen LogP contribution in [-0.2, 0) is 16.6 Å². The number of rotatable bonds is 6. The van der Waals surface area contributed by atoms with Crippen molar-refractivity contribution in [2.45, 2.75) is 51.1 Å². The quantitative estimate of drug-likeness (QED) is 0.512. The Balaban J connectivity index is 1.67. The number of halogens is 1. The molecule has 0 N–H and O–H groups in total. The standard InChI is InChI=1S/C21H22BrN3O3S/c1-13-10-14(2)20(15(3)11-13)29(26,27)25(16-8-9-16)12-19-23-24-21(28-19)17-6-4-5-7-18(17)22/h4-7,10-11,16H,8-9,12H2,1-3H3. The Morgan fingerprint density at radius 3 is 2.38 bits per heavy atom. The van der Waals surface area contributed by atoms with Crippen LogP contribution in [0.3, 0.4) is 0 Å². The molecule has 0 saturated heterocycles. The van der Waals surface area contributed by atoms with Gasteiger partial charge in [0.25, 0.3) is 0 Å². The number of aromatic nitrogens is 2. The van der Waals surface area contributed by atoms with Crippen molar-refractivity contribution in [3.05, 3.63) is 63.5 Å². The summed E-state index contributed by atoms with van der Waals surface area (Å²) in [5.74, 6) is 0.650. The Kier molecular flexibility index (Phi) is 5.35. The summed E-state index contributed by atoms with van der Waals surface area (Å²) in [4.78, 5) is 0.376. The van der Waals surface area contributed by atoms with Crippen molar-refractivity contribution in [3.8, 4) is 11.5 Å². The van der Waals surface area contributed by atoms with Crippen LogP contribution in [0.5, 0.6) is 0 Å². The predicted octanol–water partition coefficient (Wildman–Crippen LogP) is 4.78. The molecule has 2 aromatic carbocycles. The molecular weight excluding hydrogens is 454 g/mol. The minimum Gasteiger partial charge on any atom is -0.419 e. The Morgan fingerprint density at radius 2 is 1.76 bits per heavy atom. The fourth-order valence-corrected chi connectivity index (χ4v) is 6.16. The van der Waals surface area contributed by atoms with Gasteiger partial charge in [0.15, 0.2) is 0 Å². The van der Waals surface area contributed by atoms with E-state index in [4.69, 9.17) is 4.42 Å². The maximum absolute atomic E-state index is 13.5. The van der Waals surface area contributed by atoms with Gasteiger partial charge in [0, 0.05) is 10.5 Å². The highest BCUT2D eigenvalue weighted by molar-refractivity contribution is 9.10. The van der Waals surface area contributed by atoms with Gasteiger partial charge in [-0.2, -0.15) is 4.31 Å². The molecule has 1 saturated carbocycles. The van der Waals surface area contributed by atoms with Crippen LogP contribution in [0, 0.1) is 20.8 Å². The molecule has 1 aliphatic rings. The summed E-state index contributed by atoms with van der Waals surface area (Å²) in [5.41, 5.74) is 3.34. The van der Waals surface area contributed by atoms with Gasteiger partial charge in [-0.15, -0.1) is 10.2 Å².